The summed E-state index contributed by atoms with van der Waals surface area (Å²) >= 11 is 0. The van der Waals surface area contributed by atoms with E-state index in [2.05, 4.69) is 32.2 Å². The number of fused-ring (bicyclic) bond motifs is 1. The molecule has 10 heteroatoms. The Morgan fingerprint density at radius 1 is 1.16 bits per heavy atom. The zero-order valence-electron chi connectivity index (χ0n) is 18.5. The summed E-state index contributed by atoms with van der Waals surface area (Å²) in [6.07, 6.45) is 7.65. The molecule has 2 aliphatic heterocycles. The molecule has 0 radical (unpaired) electrons. The van der Waals surface area contributed by atoms with Gasteiger partial charge in [0.1, 0.15) is 18.0 Å². The van der Waals surface area contributed by atoms with E-state index in [9.17, 15) is 4.79 Å². The molecule has 10 nitrogen and oxygen atoms in total. The van der Waals surface area contributed by atoms with Crippen molar-refractivity contribution >= 4 is 22.9 Å². The van der Waals surface area contributed by atoms with Gasteiger partial charge in [-0.1, -0.05) is 0 Å². The lowest BCUT2D eigenvalue weighted by Gasteiger charge is -2.26. The lowest BCUT2D eigenvalue weighted by Crippen LogP contribution is -2.38. The number of ether oxygens (including phenoxy) is 1. The highest BCUT2D eigenvalue weighted by molar-refractivity contribution is 5.86. The van der Waals surface area contributed by atoms with Gasteiger partial charge in [-0.25, -0.2) is 24.9 Å². The smallest absolute Gasteiger partial charge is 0.225 e. The Morgan fingerprint density at radius 2 is 1.94 bits per heavy atom. The van der Waals surface area contributed by atoms with Crippen molar-refractivity contribution in [3.63, 3.8) is 0 Å². The molecule has 5 rings (SSSR count). The third-order valence-corrected chi connectivity index (χ3v) is 6.30. The maximum Gasteiger partial charge on any atom is 0.225 e. The largest absolute Gasteiger partial charge is 0.381 e. The molecule has 0 aliphatic carbocycles. The van der Waals surface area contributed by atoms with Gasteiger partial charge in [-0.3, -0.25) is 4.79 Å². The molecule has 168 valence electrons. The number of carbonyl (C=O) groups excluding carboxylic acids is 1. The monoisotopic (exact) mass is 436 g/mol. The number of imidazole rings is 1. The van der Waals surface area contributed by atoms with Gasteiger partial charge in [-0.2, -0.15) is 0 Å². The number of aryl methyl sites for hydroxylation is 2. The molecule has 5 heterocycles. The molecule has 1 amide bonds. The Labute approximate surface area is 186 Å². The summed E-state index contributed by atoms with van der Waals surface area (Å²) in [4.78, 5) is 37.3. The van der Waals surface area contributed by atoms with Crippen LogP contribution in [0, 0.1) is 12.8 Å². The number of carbonyl (C=O) groups is 1. The minimum Gasteiger partial charge on any atom is -0.381 e. The van der Waals surface area contributed by atoms with E-state index in [1.54, 1.807) is 18.7 Å². The number of aromatic nitrogens is 6. The first kappa shape index (κ1) is 20.7. The Hall–Kier alpha value is -3.14. The summed E-state index contributed by atoms with van der Waals surface area (Å²) in [5.41, 5.74) is 2.34. The number of likely N-dealkylation sites (tertiary alicyclic amines) is 1. The molecule has 2 fully saturated rings. The van der Waals surface area contributed by atoms with Gasteiger partial charge in [0.25, 0.3) is 0 Å². The van der Waals surface area contributed by atoms with Crippen molar-refractivity contribution < 1.29 is 9.53 Å². The number of hydrogen-bond acceptors (Lipinski definition) is 8. The maximum absolute atomic E-state index is 12.9. The number of rotatable bonds is 5. The fraction of sp³-hybridized carbons (Fsp3) is 0.545. The summed E-state index contributed by atoms with van der Waals surface area (Å²) in [6, 6.07) is 0.134. The standard InChI is InChI=1S/C22H28N8O2/c1-3-30-20(16-10-23-14(2)24-11-16)28-18-19(25-13-26-21(18)30)27-17-4-7-29(12-17)22(31)15-5-8-32-9-6-15/h10-11,13,15,17H,3-9,12H2,1-2H3,(H,25,26,27)/t17-/m0/s1. The highest BCUT2D eigenvalue weighted by Gasteiger charge is 2.32. The van der Waals surface area contributed by atoms with Crippen molar-refractivity contribution in [1.82, 2.24) is 34.4 Å². The zero-order valence-corrected chi connectivity index (χ0v) is 18.5. The van der Waals surface area contributed by atoms with Gasteiger partial charge in [0, 0.05) is 57.2 Å². The summed E-state index contributed by atoms with van der Waals surface area (Å²) < 4.78 is 7.45. The van der Waals surface area contributed by atoms with Crippen molar-refractivity contribution in [1.29, 1.82) is 0 Å². The molecular formula is C22H28N8O2. The number of amides is 1. The molecule has 0 unspecified atom stereocenters. The van der Waals surface area contributed by atoms with Crippen molar-refractivity contribution in [3.8, 4) is 11.4 Å². The third kappa shape index (κ3) is 3.90. The van der Waals surface area contributed by atoms with Gasteiger partial charge in [0.05, 0.1) is 5.56 Å². The second kappa shape index (κ2) is 8.78. The Bertz CT molecular complexity index is 1110. The van der Waals surface area contributed by atoms with Crippen molar-refractivity contribution in [2.45, 2.75) is 45.7 Å². The van der Waals surface area contributed by atoms with E-state index in [1.807, 2.05) is 16.4 Å². The number of anilines is 1. The van der Waals surface area contributed by atoms with Crippen LogP contribution in [-0.4, -0.2) is 72.6 Å². The van der Waals surface area contributed by atoms with Crippen LogP contribution in [0.5, 0.6) is 0 Å². The second-order valence-corrected chi connectivity index (χ2v) is 8.39. The van der Waals surface area contributed by atoms with Gasteiger partial charge in [-0.05, 0) is 33.1 Å². The molecule has 32 heavy (non-hydrogen) atoms. The Morgan fingerprint density at radius 3 is 2.69 bits per heavy atom. The first-order valence-electron chi connectivity index (χ1n) is 11.3. The molecular weight excluding hydrogens is 408 g/mol. The minimum atomic E-state index is 0.0906. The summed E-state index contributed by atoms with van der Waals surface area (Å²) in [7, 11) is 0. The van der Waals surface area contributed by atoms with Gasteiger partial charge in [0.2, 0.25) is 5.91 Å². The van der Waals surface area contributed by atoms with E-state index in [0.717, 1.165) is 54.2 Å². The van der Waals surface area contributed by atoms with Gasteiger partial charge in [0.15, 0.2) is 17.0 Å². The van der Waals surface area contributed by atoms with Crippen LogP contribution in [0.3, 0.4) is 0 Å². The van der Waals surface area contributed by atoms with E-state index in [1.165, 1.54) is 0 Å². The highest BCUT2D eigenvalue weighted by atomic mass is 16.5. The van der Waals surface area contributed by atoms with Crippen LogP contribution in [0.4, 0.5) is 5.82 Å². The van der Waals surface area contributed by atoms with Crippen LogP contribution < -0.4 is 5.32 Å². The van der Waals surface area contributed by atoms with Crippen molar-refractivity contribution in [3.05, 3.63) is 24.5 Å². The van der Waals surface area contributed by atoms with Crippen molar-refractivity contribution in [2.24, 2.45) is 5.92 Å². The molecule has 1 N–H and O–H groups in total. The molecule has 1 atom stereocenters. The number of hydrogen-bond donors (Lipinski definition) is 1. The minimum absolute atomic E-state index is 0.0906. The van der Waals surface area contributed by atoms with Crippen LogP contribution >= 0.6 is 0 Å². The highest BCUT2D eigenvalue weighted by Crippen LogP contribution is 2.28. The fourth-order valence-corrected chi connectivity index (χ4v) is 4.54. The topological polar surface area (TPSA) is 111 Å². The Kier molecular flexibility index (Phi) is 5.69. The van der Waals surface area contributed by atoms with E-state index >= 15 is 0 Å². The molecule has 3 aromatic heterocycles. The predicted molar refractivity (Wildman–Crippen MR) is 119 cm³/mol. The quantitative estimate of drug-likeness (QED) is 0.647. The van der Waals surface area contributed by atoms with Crippen LogP contribution in [0.2, 0.25) is 0 Å². The summed E-state index contributed by atoms with van der Waals surface area (Å²) in [5.74, 6) is 2.53. The number of nitrogens with one attached hydrogen (secondary N) is 1. The predicted octanol–water partition coefficient (Wildman–Crippen LogP) is 2.05. The van der Waals surface area contributed by atoms with E-state index in [-0.39, 0.29) is 17.9 Å². The molecule has 2 saturated heterocycles. The maximum atomic E-state index is 12.9. The summed E-state index contributed by atoms with van der Waals surface area (Å²) in [5, 5.41) is 3.52. The van der Waals surface area contributed by atoms with Gasteiger partial charge < -0.3 is 19.5 Å². The molecule has 2 aliphatic rings. The normalized spacial score (nSPS) is 19.6. The lowest BCUT2D eigenvalue weighted by molar-refractivity contribution is -0.137. The van der Waals surface area contributed by atoms with Crippen molar-refractivity contribution in [2.75, 3.05) is 31.6 Å². The average molecular weight is 437 g/mol. The van der Waals surface area contributed by atoms with Gasteiger partial charge in [-0.15, -0.1) is 0 Å². The molecule has 0 saturated carbocycles. The van der Waals surface area contributed by atoms with E-state index in [0.29, 0.717) is 32.1 Å². The first-order chi connectivity index (χ1) is 15.6. The molecule has 0 aromatic carbocycles. The van der Waals surface area contributed by atoms with E-state index in [4.69, 9.17) is 9.72 Å². The fourth-order valence-electron chi connectivity index (χ4n) is 4.54. The zero-order chi connectivity index (χ0) is 22.1. The molecule has 3 aromatic rings. The third-order valence-electron chi connectivity index (χ3n) is 6.30. The molecule has 0 bridgehead atoms. The lowest BCUT2D eigenvalue weighted by atomic mass is 9.99. The average Bonchev–Trinajstić information content (AvgIpc) is 3.45. The van der Waals surface area contributed by atoms with Crippen LogP contribution in [0.15, 0.2) is 18.7 Å². The summed E-state index contributed by atoms with van der Waals surface area (Å²) in [6.45, 7) is 7.43. The Balaban J connectivity index is 1.37. The van der Waals surface area contributed by atoms with Crippen LogP contribution in [0.25, 0.3) is 22.6 Å². The number of nitrogens with zero attached hydrogens (tertiary/aromatic N) is 7. The van der Waals surface area contributed by atoms with E-state index < -0.39 is 0 Å². The van der Waals surface area contributed by atoms with Crippen LogP contribution in [-0.2, 0) is 16.1 Å². The second-order valence-electron chi connectivity index (χ2n) is 8.39. The van der Waals surface area contributed by atoms with Crippen LogP contribution in [0.1, 0.15) is 32.0 Å². The first-order valence-corrected chi connectivity index (χ1v) is 11.3. The van der Waals surface area contributed by atoms with Gasteiger partial charge >= 0.3 is 0 Å². The SMILES string of the molecule is CCn1c(-c2cnc(C)nc2)nc2c(N[C@H]3CCN(C(=O)C4CCOCC4)C3)ncnc21. The molecule has 0 spiro atoms.